The zero-order valence-corrected chi connectivity index (χ0v) is 21.5. The summed E-state index contributed by atoms with van der Waals surface area (Å²) in [5.74, 6) is 1.67. The minimum atomic E-state index is 0. The largest absolute Gasteiger partial charge is 0.385 e. The Hall–Kier alpha value is -0.120. The van der Waals surface area contributed by atoms with Gasteiger partial charge in [-0.05, 0) is 37.5 Å². The quantitative estimate of drug-likeness (QED) is 0.233. The molecule has 0 aromatic carbocycles. The van der Waals surface area contributed by atoms with Crippen molar-refractivity contribution in [1.29, 1.82) is 0 Å². The van der Waals surface area contributed by atoms with E-state index < -0.39 is 0 Å². The van der Waals surface area contributed by atoms with E-state index in [1.54, 1.807) is 7.11 Å². The van der Waals surface area contributed by atoms with Crippen LogP contribution in [0, 0.1) is 11.3 Å². The normalized spacial score (nSPS) is 20.7. The number of aliphatic imine (C=N–C) groups is 1. The zero-order chi connectivity index (χ0) is 20.2. The lowest BCUT2D eigenvalue weighted by Crippen LogP contribution is -2.53. The molecule has 7 heteroatoms. The van der Waals surface area contributed by atoms with Crippen molar-refractivity contribution in [2.24, 2.45) is 16.3 Å². The Morgan fingerprint density at radius 2 is 1.83 bits per heavy atom. The highest BCUT2D eigenvalue weighted by atomic mass is 127. The van der Waals surface area contributed by atoms with Gasteiger partial charge in [-0.2, -0.15) is 0 Å². The van der Waals surface area contributed by atoms with Crippen LogP contribution in [0.3, 0.4) is 0 Å². The number of guanidine groups is 1. The molecule has 2 rings (SSSR count). The van der Waals surface area contributed by atoms with Gasteiger partial charge in [0.15, 0.2) is 5.96 Å². The number of hydrogen-bond acceptors (Lipinski definition) is 4. The van der Waals surface area contributed by atoms with Crippen molar-refractivity contribution in [3.05, 3.63) is 0 Å². The summed E-state index contributed by atoms with van der Waals surface area (Å²) in [7, 11) is 1.80. The molecule has 2 aliphatic rings. The average Bonchev–Trinajstić information content (AvgIpc) is 2.70. The number of ether oxygens (including phenoxy) is 2. The minimum Gasteiger partial charge on any atom is -0.385 e. The molecule has 0 spiro atoms. The van der Waals surface area contributed by atoms with E-state index >= 15 is 0 Å². The van der Waals surface area contributed by atoms with E-state index in [1.807, 2.05) is 0 Å². The SMILES string of the molecule is CCNC(=NCC1(CCOC)CCC1)NCC(C(CC)CC)N1CCOCC1.I. The van der Waals surface area contributed by atoms with Gasteiger partial charge in [0.05, 0.1) is 13.2 Å². The summed E-state index contributed by atoms with van der Waals surface area (Å²) in [6.45, 7) is 14.1. The molecule has 2 N–H and O–H groups in total. The van der Waals surface area contributed by atoms with Crippen LogP contribution >= 0.6 is 24.0 Å². The Kier molecular flexibility index (Phi) is 13.7. The lowest BCUT2D eigenvalue weighted by molar-refractivity contribution is 0.00271. The second-order valence-corrected chi connectivity index (χ2v) is 8.46. The first kappa shape index (κ1) is 26.9. The van der Waals surface area contributed by atoms with Crippen molar-refractivity contribution >= 4 is 29.9 Å². The molecule has 1 aliphatic carbocycles. The smallest absolute Gasteiger partial charge is 0.191 e. The summed E-state index contributed by atoms with van der Waals surface area (Å²) in [6, 6.07) is 0.536. The average molecular weight is 525 g/mol. The molecule has 2 fully saturated rings. The highest BCUT2D eigenvalue weighted by Gasteiger charge is 2.36. The van der Waals surface area contributed by atoms with Crippen LogP contribution in [0.15, 0.2) is 4.99 Å². The van der Waals surface area contributed by atoms with Gasteiger partial charge in [0.1, 0.15) is 0 Å². The fourth-order valence-corrected chi connectivity index (χ4v) is 4.61. The second-order valence-electron chi connectivity index (χ2n) is 8.46. The van der Waals surface area contributed by atoms with E-state index in [-0.39, 0.29) is 24.0 Å². The Morgan fingerprint density at radius 3 is 2.34 bits per heavy atom. The van der Waals surface area contributed by atoms with E-state index in [9.17, 15) is 0 Å². The van der Waals surface area contributed by atoms with Crippen molar-refractivity contribution in [3.8, 4) is 0 Å². The topological polar surface area (TPSA) is 58.1 Å². The number of nitrogens with one attached hydrogen (secondary N) is 2. The van der Waals surface area contributed by atoms with Crippen LogP contribution in [-0.2, 0) is 9.47 Å². The van der Waals surface area contributed by atoms with Crippen LogP contribution in [0.1, 0.15) is 59.3 Å². The molecule has 1 atom stereocenters. The number of halogens is 1. The molecule has 0 aromatic heterocycles. The van der Waals surface area contributed by atoms with Gasteiger partial charge in [-0.1, -0.05) is 33.1 Å². The van der Waals surface area contributed by atoms with Crippen LogP contribution < -0.4 is 10.6 Å². The maximum absolute atomic E-state index is 5.58. The third kappa shape index (κ3) is 8.50. The van der Waals surface area contributed by atoms with Crippen molar-refractivity contribution in [3.63, 3.8) is 0 Å². The summed E-state index contributed by atoms with van der Waals surface area (Å²) in [6.07, 6.45) is 7.45. The summed E-state index contributed by atoms with van der Waals surface area (Å²) >= 11 is 0. The first-order valence-corrected chi connectivity index (χ1v) is 11.5. The van der Waals surface area contributed by atoms with Crippen molar-refractivity contribution in [2.75, 3.05) is 59.7 Å². The highest BCUT2D eigenvalue weighted by Crippen LogP contribution is 2.44. The Morgan fingerprint density at radius 1 is 1.14 bits per heavy atom. The summed E-state index contributed by atoms with van der Waals surface area (Å²) < 4.78 is 10.9. The molecular weight excluding hydrogens is 479 g/mol. The van der Waals surface area contributed by atoms with Gasteiger partial charge >= 0.3 is 0 Å². The summed E-state index contributed by atoms with van der Waals surface area (Å²) in [5.41, 5.74) is 0.358. The molecule has 0 amide bonds. The third-order valence-electron chi connectivity index (χ3n) is 6.75. The molecule has 6 nitrogen and oxygen atoms in total. The van der Waals surface area contributed by atoms with Crippen molar-refractivity contribution in [1.82, 2.24) is 15.5 Å². The molecule has 1 saturated heterocycles. The Labute approximate surface area is 196 Å². The van der Waals surface area contributed by atoms with Gasteiger partial charge in [-0.3, -0.25) is 9.89 Å². The number of methoxy groups -OCH3 is 1. The van der Waals surface area contributed by atoms with Gasteiger partial charge in [0, 0.05) is 52.5 Å². The number of rotatable bonds is 12. The summed E-state index contributed by atoms with van der Waals surface area (Å²) in [5, 5.41) is 7.13. The lowest BCUT2D eigenvalue weighted by Gasteiger charge is -2.41. The standard InChI is InChI=1S/C22H44N4O2.HI/c1-5-19(6-2)20(26-12-15-28-16-13-26)17-24-21(23-7-3)25-18-22(9-8-10-22)11-14-27-4;/h19-20H,5-18H2,1-4H3,(H2,23,24,25);1H. The van der Waals surface area contributed by atoms with Crippen LogP contribution in [0.5, 0.6) is 0 Å². The second kappa shape index (κ2) is 14.8. The summed E-state index contributed by atoms with van der Waals surface area (Å²) in [4.78, 5) is 7.60. The van der Waals surface area contributed by atoms with Gasteiger partial charge in [0.2, 0.25) is 0 Å². The van der Waals surface area contributed by atoms with Crippen molar-refractivity contribution < 1.29 is 9.47 Å². The van der Waals surface area contributed by atoms with Crippen LogP contribution in [0.4, 0.5) is 0 Å². The Bertz CT molecular complexity index is 450. The Balaban J connectivity index is 0.00000420. The van der Waals surface area contributed by atoms with Gasteiger partial charge in [-0.25, -0.2) is 0 Å². The van der Waals surface area contributed by atoms with Crippen molar-refractivity contribution in [2.45, 2.75) is 65.3 Å². The zero-order valence-electron chi connectivity index (χ0n) is 19.2. The fourth-order valence-electron chi connectivity index (χ4n) is 4.61. The molecular formula is C22H45IN4O2. The van der Waals surface area contributed by atoms with Gasteiger partial charge < -0.3 is 20.1 Å². The van der Waals surface area contributed by atoms with Crippen LogP contribution in [-0.4, -0.2) is 76.6 Å². The highest BCUT2D eigenvalue weighted by molar-refractivity contribution is 14.0. The predicted molar refractivity (Wildman–Crippen MR) is 132 cm³/mol. The molecule has 0 radical (unpaired) electrons. The lowest BCUT2D eigenvalue weighted by atomic mass is 9.67. The molecule has 0 bridgehead atoms. The maximum atomic E-state index is 5.58. The van der Waals surface area contributed by atoms with E-state index in [0.29, 0.717) is 17.4 Å². The first-order chi connectivity index (χ1) is 13.7. The van der Waals surface area contributed by atoms with E-state index in [1.165, 1.54) is 32.1 Å². The fraction of sp³-hybridized carbons (Fsp3) is 0.955. The van der Waals surface area contributed by atoms with E-state index in [4.69, 9.17) is 14.5 Å². The monoisotopic (exact) mass is 524 g/mol. The first-order valence-electron chi connectivity index (χ1n) is 11.5. The minimum absolute atomic E-state index is 0. The predicted octanol–water partition coefficient (Wildman–Crippen LogP) is 3.50. The molecule has 1 aliphatic heterocycles. The molecule has 172 valence electrons. The third-order valence-corrected chi connectivity index (χ3v) is 6.75. The van der Waals surface area contributed by atoms with Gasteiger partial charge in [0.25, 0.3) is 0 Å². The van der Waals surface area contributed by atoms with E-state index in [0.717, 1.165) is 64.9 Å². The molecule has 29 heavy (non-hydrogen) atoms. The number of nitrogens with zero attached hydrogens (tertiary/aromatic N) is 2. The molecule has 1 unspecified atom stereocenters. The number of morpholine rings is 1. The van der Waals surface area contributed by atoms with E-state index in [2.05, 4.69) is 36.3 Å². The van der Waals surface area contributed by atoms with Crippen LogP contribution in [0.2, 0.25) is 0 Å². The molecule has 1 heterocycles. The molecule has 1 saturated carbocycles. The van der Waals surface area contributed by atoms with Crippen LogP contribution in [0.25, 0.3) is 0 Å². The number of hydrogen-bond donors (Lipinski definition) is 2. The molecule has 0 aromatic rings. The van der Waals surface area contributed by atoms with Gasteiger partial charge in [-0.15, -0.1) is 24.0 Å². The maximum Gasteiger partial charge on any atom is 0.191 e.